The van der Waals surface area contributed by atoms with Crippen molar-refractivity contribution >= 4 is 5.97 Å². The quantitative estimate of drug-likeness (QED) is 0.771. The average molecular weight is 197 g/mol. The van der Waals surface area contributed by atoms with E-state index >= 15 is 0 Å². The van der Waals surface area contributed by atoms with Crippen LogP contribution in [0.4, 0.5) is 4.39 Å². The van der Waals surface area contributed by atoms with E-state index in [0.29, 0.717) is 5.56 Å². The van der Waals surface area contributed by atoms with Gasteiger partial charge < -0.3 is 10.8 Å². The summed E-state index contributed by atoms with van der Waals surface area (Å²) in [4.78, 5) is 10.5. The van der Waals surface area contributed by atoms with Gasteiger partial charge in [-0.25, -0.2) is 4.39 Å². The molecule has 4 heteroatoms. The summed E-state index contributed by atoms with van der Waals surface area (Å²) in [5.41, 5.74) is 5.44. The number of carboxylic acid groups (broad SMARTS) is 1. The molecule has 0 saturated carbocycles. The molecule has 0 aromatic heterocycles. The van der Waals surface area contributed by atoms with Gasteiger partial charge in [-0.1, -0.05) is 12.1 Å². The largest absolute Gasteiger partial charge is 0.481 e. The van der Waals surface area contributed by atoms with Crippen molar-refractivity contribution in [2.75, 3.05) is 0 Å². The number of carboxylic acids is 1. The zero-order valence-electron chi connectivity index (χ0n) is 7.83. The Bertz CT molecular complexity index is 332. The number of halogens is 1. The lowest BCUT2D eigenvalue weighted by Gasteiger charge is -2.22. The van der Waals surface area contributed by atoms with Crippen molar-refractivity contribution in [3.63, 3.8) is 0 Å². The Morgan fingerprint density at radius 3 is 2.43 bits per heavy atom. The lowest BCUT2D eigenvalue weighted by Crippen LogP contribution is -2.35. The normalized spacial score (nSPS) is 14.8. The molecule has 3 N–H and O–H groups in total. The van der Waals surface area contributed by atoms with Gasteiger partial charge in [0.15, 0.2) is 0 Å². The van der Waals surface area contributed by atoms with E-state index in [1.807, 2.05) is 0 Å². The first-order valence-electron chi connectivity index (χ1n) is 4.18. The molecule has 0 aliphatic carbocycles. The Balaban J connectivity index is 2.91. The maximum atomic E-state index is 12.6. The molecule has 3 nitrogen and oxygen atoms in total. The van der Waals surface area contributed by atoms with Gasteiger partial charge in [0.1, 0.15) is 5.82 Å². The first-order chi connectivity index (χ1) is 6.42. The summed E-state index contributed by atoms with van der Waals surface area (Å²) in [7, 11) is 0. The fourth-order valence-corrected chi connectivity index (χ4v) is 1.25. The number of hydrogen-bond donors (Lipinski definition) is 2. The van der Waals surface area contributed by atoms with Gasteiger partial charge in [0.05, 0.1) is 6.42 Å². The summed E-state index contributed by atoms with van der Waals surface area (Å²) >= 11 is 0. The van der Waals surface area contributed by atoms with E-state index in [9.17, 15) is 9.18 Å². The molecule has 0 fully saturated rings. The third kappa shape index (κ3) is 2.53. The van der Waals surface area contributed by atoms with Crippen molar-refractivity contribution < 1.29 is 14.3 Å². The molecule has 14 heavy (non-hydrogen) atoms. The molecule has 0 radical (unpaired) electrons. The van der Waals surface area contributed by atoms with E-state index in [4.69, 9.17) is 10.8 Å². The molecule has 0 spiro atoms. The molecule has 1 atom stereocenters. The summed E-state index contributed by atoms with van der Waals surface area (Å²) in [5.74, 6) is -1.33. The smallest absolute Gasteiger partial charge is 0.305 e. The first kappa shape index (κ1) is 10.7. The summed E-state index contributed by atoms with van der Waals surface area (Å²) < 4.78 is 12.6. The standard InChI is InChI=1S/C10H12FNO2/c1-10(12,6-9(13)14)7-2-4-8(11)5-3-7/h2-5H,6,12H2,1H3,(H,13,14). The summed E-state index contributed by atoms with van der Waals surface area (Å²) in [5, 5.41) is 8.61. The van der Waals surface area contributed by atoms with Crippen molar-refractivity contribution in [2.45, 2.75) is 18.9 Å². The fourth-order valence-electron chi connectivity index (χ4n) is 1.25. The molecule has 1 rings (SSSR count). The van der Waals surface area contributed by atoms with Gasteiger partial charge in [0.25, 0.3) is 0 Å². The molecule has 0 aliphatic rings. The van der Waals surface area contributed by atoms with Crippen molar-refractivity contribution in [3.8, 4) is 0 Å². The molecule has 1 aromatic carbocycles. The highest BCUT2D eigenvalue weighted by Crippen LogP contribution is 2.21. The molecule has 0 aliphatic heterocycles. The predicted molar refractivity (Wildman–Crippen MR) is 50.2 cm³/mol. The van der Waals surface area contributed by atoms with E-state index in [1.54, 1.807) is 6.92 Å². The van der Waals surface area contributed by atoms with E-state index in [2.05, 4.69) is 0 Å². The van der Waals surface area contributed by atoms with E-state index in [0.717, 1.165) is 0 Å². The van der Waals surface area contributed by atoms with Crippen LogP contribution in [0.15, 0.2) is 24.3 Å². The number of carbonyl (C=O) groups is 1. The molecule has 1 aromatic rings. The Morgan fingerprint density at radius 2 is 2.00 bits per heavy atom. The first-order valence-corrected chi connectivity index (χ1v) is 4.18. The number of hydrogen-bond acceptors (Lipinski definition) is 2. The van der Waals surface area contributed by atoms with Crippen LogP contribution in [0.25, 0.3) is 0 Å². The second-order valence-corrected chi connectivity index (χ2v) is 3.49. The van der Waals surface area contributed by atoms with Crippen LogP contribution in [-0.2, 0) is 10.3 Å². The zero-order valence-corrected chi connectivity index (χ0v) is 7.83. The highest BCUT2D eigenvalue weighted by Gasteiger charge is 2.24. The number of benzene rings is 1. The molecule has 0 heterocycles. The van der Waals surface area contributed by atoms with Crippen LogP contribution in [0.1, 0.15) is 18.9 Å². The third-order valence-corrected chi connectivity index (χ3v) is 2.02. The van der Waals surface area contributed by atoms with E-state index in [-0.39, 0.29) is 12.2 Å². The molecule has 0 saturated heterocycles. The minimum absolute atomic E-state index is 0.182. The maximum absolute atomic E-state index is 12.6. The molecular formula is C10H12FNO2. The summed E-state index contributed by atoms with van der Waals surface area (Å²) in [6, 6.07) is 5.53. The Labute approximate surface area is 81.4 Å². The number of rotatable bonds is 3. The van der Waals surface area contributed by atoms with Gasteiger partial charge in [-0.2, -0.15) is 0 Å². The van der Waals surface area contributed by atoms with E-state index < -0.39 is 11.5 Å². The number of nitrogens with two attached hydrogens (primary N) is 1. The highest BCUT2D eigenvalue weighted by atomic mass is 19.1. The predicted octanol–water partition coefficient (Wildman–Crippen LogP) is 1.47. The maximum Gasteiger partial charge on any atom is 0.305 e. The Hall–Kier alpha value is -1.42. The summed E-state index contributed by atoms with van der Waals surface area (Å²) in [6.45, 7) is 1.61. The van der Waals surface area contributed by atoms with E-state index in [1.165, 1.54) is 24.3 Å². The van der Waals surface area contributed by atoms with Crippen LogP contribution in [0.3, 0.4) is 0 Å². The topological polar surface area (TPSA) is 63.3 Å². The lowest BCUT2D eigenvalue weighted by atomic mass is 9.90. The van der Waals surface area contributed by atoms with Gasteiger partial charge in [0.2, 0.25) is 0 Å². The van der Waals surface area contributed by atoms with Crippen LogP contribution >= 0.6 is 0 Å². The van der Waals surface area contributed by atoms with Crippen molar-refractivity contribution in [1.29, 1.82) is 0 Å². The Morgan fingerprint density at radius 1 is 1.50 bits per heavy atom. The monoisotopic (exact) mass is 197 g/mol. The molecule has 1 unspecified atom stereocenters. The van der Waals surface area contributed by atoms with Crippen LogP contribution in [0.5, 0.6) is 0 Å². The van der Waals surface area contributed by atoms with Crippen molar-refractivity contribution in [1.82, 2.24) is 0 Å². The SMILES string of the molecule is CC(N)(CC(=O)O)c1ccc(F)cc1. The lowest BCUT2D eigenvalue weighted by molar-refractivity contribution is -0.138. The minimum Gasteiger partial charge on any atom is -0.481 e. The average Bonchev–Trinajstić information content (AvgIpc) is 2.02. The second kappa shape index (κ2) is 3.75. The second-order valence-electron chi connectivity index (χ2n) is 3.49. The summed E-state index contributed by atoms with van der Waals surface area (Å²) in [6.07, 6.45) is -0.182. The zero-order chi connectivity index (χ0) is 10.8. The minimum atomic E-state index is -0.973. The number of aliphatic carboxylic acids is 1. The third-order valence-electron chi connectivity index (χ3n) is 2.02. The Kier molecular flexibility index (Phi) is 2.86. The molecule has 0 amide bonds. The van der Waals surface area contributed by atoms with Crippen molar-refractivity contribution in [3.05, 3.63) is 35.6 Å². The van der Waals surface area contributed by atoms with Gasteiger partial charge in [-0.3, -0.25) is 4.79 Å². The van der Waals surface area contributed by atoms with Crippen LogP contribution in [-0.4, -0.2) is 11.1 Å². The molecule has 0 bridgehead atoms. The van der Waals surface area contributed by atoms with Crippen molar-refractivity contribution in [2.24, 2.45) is 5.73 Å². The highest BCUT2D eigenvalue weighted by molar-refractivity contribution is 5.68. The van der Waals surface area contributed by atoms with Gasteiger partial charge in [-0.15, -0.1) is 0 Å². The van der Waals surface area contributed by atoms with Gasteiger partial charge in [-0.05, 0) is 24.6 Å². The van der Waals surface area contributed by atoms with Gasteiger partial charge in [0, 0.05) is 5.54 Å². The molecule has 76 valence electrons. The fraction of sp³-hybridized carbons (Fsp3) is 0.300. The van der Waals surface area contributed by atoms with Crippen LogP contribution in [0.2, 0.25) is 0 Å². The van der Waals surface area contributed by atoms with Gasteiger partial charge >= 0.3 is 5.97 Å². The molecular weight excluding hydrogens is 185 g/mol. The van der Waals surface area contributed by atoms with Crippen LogP contribution < -0.4 is 5.73 Å². The van der Waals surface area contributed by atoms with Crippen LogP contribution in [0, 0.1) is 5.82 Å².